The van der Waals surface area contributed by atoms with Crippen LogP contribution >= 0.6 is 11.6 Å². The van der Waals surface area contributed by atoms with E-state index in [0.717, 1.165) is 6.07 Å². The number of nitrogens with one attached hydrogen (secondary N) is 1. The molecule has 1 aromatic rings. The third-order valence-electron chi connectivity index (χ3n) is 6.03. The lowest BCUT2D eigenvalue weighted by Gasteiger charge is -2.25. The normalized spacial score (nSPS) is 31.1. The van der Waals surface area contributed by atoms with Gasteiger partial charge in [0.25, 0.3) is 11.8 Å². The first-order chi connectivity index (χ1) is 13.2. The number of benzene rings is 1. The minimum absolute atomic E-state index is 0.00787. The minimum atomic E-state index is -2.12. The molecule has 1 aliphatic carbocycles. The fourth-order valence-electron chi connectivity index (χ4n) is 4.48. The molecule has 1 aromatic carbocycles. The van der Waals surface area contributed by atoms with Crippen molar-refractivity contribution in [1.29, 1.82) is 0 Å². The van der Waals surface area contributed by atoms with Gasteiger partial charge in [0.15, 0.2) is 0 Å². The molecule has 7 nitrogen and oxygen atoms in total. The summed E-state index contributed by atoms with van der Waals surface area (Å²) in [6, 6.07) is 3.86. The van der Waals surface area contributed by atoms with Crippen molar-refractivity contribution in [3.8, 4) is 0 Å². The summed E-state index contributed by atoms with van der Waals surface area (Å²) >= 11 is 5.79. The lowest BCUT2D eigenvalue weighted by atomic mass is 10.0. The molecule has 0 radical (unpaired) electrons. The van der Waals surface area contributed by atoms with Gasteiger partial charge in [-0.2, -0.15) is 0 Å². The number of rotatable bonds is 4. The van der Waals surface area contributed by atoms with Crippen molar-refractivity contribution < 1.29 is 23.9 Å². The third kappa shape index (κ3) is 3.14. The van der Waals surface area contributed by atoms with Crippen LogP contribution in [0.4, 0.5) is 4.39 Å². The van der Waals surface area contributed by atoms with Gasteiger partial charge in [0.2, 0.25) is 11.5 Å². The van der Waals surface area contributed by atoms with Crippen molar-refractivity contribution in [3.05, 3.63) is 34.6 Å². The quantitative estimate of drug-likeness (QED) is 0.710. The summed E-state index contributed by atoms with van der Waals surface area (Å²) in [5.74, 6) is -1.47. The Labute approximate surface area is 166 Å². The number of halogens is 2. The van der Waals surface area contributed by atoms with E-state index in [9.17, 15) is 23.9 Å². The van der Waals surface area contributed by atoms with Crippen molar-refractivity contribution >= 4 is 29.3 Å². The molecule has 3 fully saturated rings. The first-order valence-corrected chi connectivity index (χ1v) is 9.61. The van der Waals surface area contributed by atoms with Crippen LogP contribution in [0.25, 0.3) is 0 Å². The zero-order valence-corrected chi connectivity index (χ0v) is 16.1. The highest BCUT2D eigenvalue weighted by Crippen LogP contribution is 2.50. The summed E-state index contributed by atoms with van der Waals surface area (Å²) in [7, 11) is 0. The first-order valence-electron chi connectivity index (χ1n) is 9.23. The van der Waals surface area contributed by atoms with Crippen molar-refractivity contribution in [2.75, 3.05) is 19.6 Å². The fraction of sp³-hybridized carbons (Fsp3) is 0.526. The van der Waals surface area contributed by atoms with E-state index in [1.54, 1.807) is 9.80 Å². The summed E-state index contributed by atoms with van der Waals surface area (Å²) in [5.41, 5.74) is -1.68. The summed E-state index contributed by atoms with van der Waals surface area (Å²) in [6.07, 6.45) is 0.00787. The van der Waals surface area contributed by atoms with E-state index in [4.69, 9.17) is 11.6 Å². The smallest absolute Gasteiger partial charge is 0.264 e. The molecule has 2 heterocycles. The number of carbonyl (C=O) groups is 3. The van der Waals surface area contributed by atoms with E-state index in [0.29, 0.717) is 25.2 Å². The van der Waals surface area contributed by atoms with Gasteiger partial charge in [0.05, 0.1) is 0 Å². The third-order valence-corrected chi connectivity index (χ3v) is 6.25. The van der Waals surface area contributed by atoms with Gasteiger partial charge >= 0.3 is 0 Å². The molecule has 2 N–H and O–H groups in total. The van der Waals surface area contributed by atoms with Crippen LogP contribution < -0.4 is 5.32 Å². The van der Waals surface area contributed by atoms with Crippen LogP contribution in [0.5, 0.6) is 0 Å². The van der Waals surface area contributed by atoms with Gasteiger partial charge < -0.3 is 20.2 Å². The second-order valence-corrected chi connectivity index (χ2v) is 8.25. The lowest BCUT2D eigenvalue weighted by Crippen LogP contribution is -2.53. The Morgan fingerprint density at radius 1 is 1.32 bits per heavy atom. The highest BCUT2D eigenvalue weighted by molar-refractivity contribution is 6.30. The second-order valence-electron chi connectivity index (χ2n) is 7.81. The van der Waals surface area contributed by atoms with Crippen molar-refractivity contribution in [3.63, 3.8) is 0 Å². The summed E-state index contributed by atoms with van der Waals surface area (Å²) in [4.78, 5) is 40.1. The Kier molecular flexibility index (Phi) is 4.58. The lowest BCUT2D eigenvalue weighted by molar-refractivity contribution is -0.154. The van der Waals surface area contributed by atoms with Crippen LogP contribution in [0.1, 0.15) is 18.9 Å². The highest BCUT2D eigenvalue weighted by atomic mass is 35.5. The van der Waals surface area contributed by atoms with Crippen LogP contribution in [-0.2, 0) is 20.9 Å². The predicted octanol–water partition coefficient (Wildman–Crippen LogP) is 0.535. The number of carbonyl (C=O) groups excluding carboxylic acids is 3. The molecule has 3 amide bonds. The number of fused-ring (bicyclic) bond motifs is 1. The number of hydrogen-bond donors (Lipinski definition) is 2. The number of piperidine rings is 1. The van der Waals surface area contributed by atoms with Crippen molar-refractivity contribution in [1.82, 2.24) is 15.1 Å². The molecule has 4 rings (SSSR count). The Morgan fingerprint density at radius 2 is 2.00 bits per heavy atom. The topological polar surface area (TPSA) is 89.9 Å². The largest absolute Gasteiger partial charge is 0.372 e. The average molecular weight is 410 g/mol. The Balaban J connectivity index is 1.37. The van der Waals surface area contributed by atoms with Gasteiger partial charge in [-0.1, -0.05) is 11.6 Å². The van der Waals surface area contributed by atoms with Crippen molar-refractivity contribution in [2.24, 2.45) is 11.8 Å². The van der Waals surface area contributed by atoms with E-state index < -0.39 is 23.2 Å². The van der Waals surface area contributed by atoms with Crippen LogP contribution in [0, 0.1) is 17.7 Å². The van der Waals surface area contributed by atoms with Crippen molar-refractivity contribution in [2.45, 2.75) is 31.5 Å². The van der Waals surface area contributed by atoms with E-state index in [1.807, 2.05) is 0 Å². The Bertz CT molecular complexity index is 833. The first kappa shape index (κ1) is 19.1. The second kappa shape index (κ2) is 6.70. The average Bonchev–Trinajstić information content (AvgIpc) is 2.97. The Hall–Kier alpha value is -2.19. The van der Waals surface area contributed by atoms with Gasteiger partial charge in [0.1, 0.15) is 5.82 Å². The molecule has 1 saturated carbocycles. The maximum Gasteiger partial charge on any atom is 0.264 e. The highest BCUT2D eigenvalue weighted by Gasteiger charge is 2.64. The molecule has 4 atom stereocenters. The molecule has 2 saturated heterocycles. The van der Waals surface area contributed by atoms with E-state index in [-0.39, 0.29) is 41.8 Å². The summed E-state index contributed by atoms with van der Waals surface area (Å²) < 4.78 is 13.4. The van der Waals surface area contributed by atoms with Crippen LogP contribution in [0.3, 0.4) is 0 Å². The van der Waals surface area contributed by atoms with Gasteiger partial charge in [-0.15, -0.1) is 0 Å². The molecular formula is C19H21ClFN3O4. The summed E-state index contributed by atoms with van der Waals surface area (Å²) in [5, 5.41) is 13.4. The SMILES string of the molecule is CC(=O)N1C[C@@H]2[C@H](C1)[C@@H]2N1CCC(O)(C(=O)NCc2cc(F)cc(Cl)c2)C1=O. The monoisotopic (exact) mass is 409 g/mol. The predicted molar refractivity (Wildman–Crippen MR) is 97.6 cm³/mol. The zero-order chi connectivity index (χ0) is 20.2. The fourth-order valence-corrected chi connectivity index (χ4v) is 4.72. The molecule has 150 valence electrons. The maximum absolute atomic E-state index is 13.4. The number of hydrogen-bond acceptors (Lipinski definition) is 4. The molecule has 3 aliphatic rings. The van der Waals surface area contributed by atoms with Gasteiger partial charge in [0, 0.05) is 62.4 Å². The Morgan fingerprint density at radius 3 is 2.61 bits per heavy atom. The number of likely N-dealkylation sites (tertiary alicyclic amines) is 2. The van der Waals surface area contributed by atoms with Gasteiger partial charge in [-0.3, -0.25) is 14.4 Å². The molecule has 28 heavy (non-hydrogen) atoms. The summed E-state index contributed by atoms with van der Waals surface area (Å²) in [6.45, 7) is 2.99. The van der Waals surface area contributed by atoms with Gasteiger partial charge in [-0.05, 0) is 23.8 Å². The molecule has 1 unspecified atom stereocenters. The van der Waals surface area contributed by atoms with Crippen LogP contribution in [0.15, 0.2) is 18.2 Å². The number of amides is 3. The van der Waals surface area contributed by atoms with E-state index in [2.05, 4.69) is 5.32 Å². The standard InChI is InChI=1S/C19H21ClFN3O4/c1-10(25)23-8-14-15(9-23)16(14)24-3-2-19(28,18(24)27)17(26)22-7-11-4-12(20)6-13(21)5-11/h4-6,14-16,28H,2-3,7-9H2,1H3,(H,22,26)/t14-,15+,16-,19?. The van der Waals surface area contributed by atoms with E-state index >= 15 is 0 Å². The molecule has 0 bridgehead atoms. The zero-order valence-electron chi connectivity index (χ0n) is 15.3. The molecule has 0 spiro atoms. The maximum atomic E-state index is 13.4. The van der Waals surface area contributed by atoms with Crippen LogP contribution in [-0.4, -0.2) is 63.9 Å². The number of nitrogens with zero attached hydrogens (tertiary/aromatic N) is 2. The minimum Gasteiger partial charge on any atom is -0.372 e. The van der Waals surface area contributed by atoms with Crippen LogP contribution in [0.2, 0.25) is 5.02 Å². The van der Waals surface area contributed by atoms with E-state index in [1.165, 1.54) is 19.1 Å². The molecule has 9 heteroatoms. The van der Waals surface area contributed by atoms with Gasteiger partial charge in [-0.25, -0.2) is 4.39 Å². The molecule has 0 aromatic heterocycles. The molecule has 2 aliphatic heterocycles. The number of aliphatic hydroxyl groups is 1. The molecular weight excluding hydrogens is 389 g/mol.